The second kappa shape index (κ2) is 19.2. The van der Waals surface area contributed by atoms with Gasteiger partial charge in [0.1, 0.15) is 4.31 Å². The van der Waals surface area contributed by atoms with Crippen molar-refractivity contribution < 1.29 is 28.3 Å². The van der Waals surface area contributed by atoms with Crippen LogP contribution in [0.1, 0.15) is 45.4 Å². The molecule has 17 heavy (non-hydrogen) atoms. The summed E-state index contributed by atoms with van der Waals surface area (Å²) in [5.74, 6) is 0. The van der Waals surface area contributed by atoms with Crippen LogP contribution < -0.4 is 9.79 Å². The van der Waals surface area contributed by atoms with E-state index >= 15 is 0 Å². The summed E-state index contributed by atoms with van der Waals surface area (Å²) >= 11 is 0. The fraction of sp³-hybridized carbons (Fsp3) is 1.00. The fourth-order valence-corrected chi connectivity index (χ4v) is 1.38. The molecule has 0 amide bonds. The quantitative estimate of drug-likeness (QED) is 0.406. The number of hydrogen-bond acceptors (Lipinski definition) is 6. The number of aliphatic hydroxyl groups is 1. The molecule has 0 saturated carbocycles. The van der Waals surface area contributed by atoms with Crippen LogP contribution in [0.4, 0.5) is 0 Å². The first kappa shape index (κ1) is 22.9. The Morgan fingerprint density at radius 2 is 1.41 bits per heavy atom. The Kier molecular flexibility index (Phi) is 25.8. The van der Waals surface area contributed by atoms with E-state index in [9.17, 15) is 18.9 Å². The normalized spacial score (nSPS) is 10.8. The predicted molar refractivity (Wildman–Crippen MR) is 62.5 cm³/mol. The second-order valence-electron chi connectivity index (χ2n) is 3.02. The summed E-state index contributed by atoms with van der Waals surface area (Å²) in [5, 5.41) is 8.42. The zero-order chi connectivity index (χ0) is 12.8. The summed E-state index contributed by atoms with van der Waals surface area (Å²) < 4.78 is 21.6. The minimum atomic E-state index is -3.24. The third-order valence-electron chi connectivity index (χ3n) is 1.65. The van der Waals surface area contributed by atoms with Crippen molar-refractivity contribution in [2.24, 2.45) is 0 Å². The Hall–Kier alpha value is 0.806. The van der Waals surface area contributed by atoms with E-state index in [4.69, 9.17) is 5.11 Å². The van der Waals surface area contributed by atoms with Crippen LogP contribution in [0.2, 0.25) is 0 Å². The molecule has 0 rings (SSSR count). The molecule has 0 aromatic carbocycles. The summed E-state index contributed by atoms with van der Waals surface area (Å²) in [7, 11) is -6.47. The molecule has 9 heteroatoms. The third kappa shape index (κ3) is 31.6. The van der Waals surface area contributed by atoms with Crippen LogP contribution in [-0.2, 0) is 13.4 Å². The smallest absolute Gasteiger partial charge is 0.563 e. The van der Waals surface area contributed by atoms with Gasteiger partial charge in [-0.25, -0.2) is 0 Å². The molecule has 0 fully saturated rings. The van der Waals surface area contributed by atoms with Gasteiger partial charge in [-0.15, -0.1) is 0 Å². The maximum atomic E-state index is 9.24. The zero-order valence-electron chi connectivity index (χ0n) is 10.0. The molecular weight excluding hydrogens is 278 g/mol. The van der Waals surface area contributed by atoms with Gasteiger partial charge in [-0.05, 0) is 15.6 Å². The largest absolute Gasteiger partial charge is 2.00 e. The fourth-order valence-electron chi connectivity index (χ4n) is 0.947. The second-order valence-corrected chi connectivity index (χ2v) is 4.57. The Labute approximate surface area is 120 Å². The van der Waals surface area contributed by atoms with Crippen LogP contribution in [0, 0.1) is 0 Å². The van der Waals surface area contributed by atoms with Crippen LogP contribution in [0.5, 0.6) is 0 Å². The van der Waals surface area contributed by atoms with Gasteiger partial charge in [0.2, 0.25) is 0 Å². The van der Waals surface area contributed by atoms with Gasteiger partial charge in [0, 0.05) is 6.61 Å². The van der Waals surface area contributed by atoms with Gasteiger partial charge in [-0.1, -0.05) is 39.0 Å². The van der Waals surface area contributed by atoms with Gasteiger partial charge < -0.3 is 14.9 Å². The van der Waals surface area contributed by atoms with Crippen molar-refractivity contribution in [3.05, 3.63) is 0 Å². The zero-order valence-corrected chi connectivity index (χ0v) is 13.2. The Morgan fingerprint density at radius 3 is 1.71 bits per heavy atom. The van der Waals surface area contributed by atoms with Crippen molar-refractivity contribution in [2.75, 3.05) is 6.61 Å². The summed E-state index contributed by atoms with van der Waals surface area (Å²) in [5.41, 5.74) is 0. The number of hydrogen-bond donors (Lipinski definition) is 1. The van der Waals surface area contributed by atoms with Crippen LogP contribution in [0.25, 0.3) is 0 Å². The molecule has 0 radical (unpaired) electrons. The Balaban J connectivity index is -0.000000224. The van der Waals surface area contributed by atoms with E-state index in [1.807, 2.05) is 0 Å². The first-order valence-corrected chi connectivity index (χ1v) is 7.31. The van der Waals surface area contributed by atoms with E-state index in [1.165, 1.54) is 32.1 Å². The first-order valence-electron chi connectivity index (χ1n) is 5.12. The topological polar surface area (TPSA) is 110 Å². The monoisotopic (exact) mass is 296 g/mol. The standard InChI is InChI=1S/C8H18O.Mg.O5P2/c1-2-3-4-5-6-7-8-9;;1-6(2)5-7(3)4/h9H,2-8H2,1H3;;/q;+2;. The van der Waals surface area contributed by atoms with E-state index < -0.39 is 16.5 Å². The molecule has 2 unspecified atom stereocenters. The van der Waals surface area contributed by atoms with Crippen molar-refractivity contribution in [3.8, 4) is 0 Å². The average molecular weight is 296 g/mol. The molecule has 0 aromatic rings. The number of aliphatic hydroxyl groups excluding tert-OH is 1. The minimum Gasteiger partial charge on any atom is -0.563 e. The van der Waals surface area contributed by atoms with Crippen molar-refractivity contribution in [1.82, 2.24) is 0 Å². The molecule has 6 nitrogen and oxygen atoms in total. The molecule has 1 N–H and O–H groups in total. The summed E-state index contributed by atoms with van der Waals surface area (Å²) in [6, 6.07) is 0. The molecule has 0 aromatic heterocycles. The molecule has 0 aliphatic carbocycles. The summed E-state index contributed by atoms with van der Waals surface area (Å²) in [6.45, 7) is 2.58. The Bertz CT molecular complexity index is 175. The van der Waals surface area contributed by atoms with Crippen LogP contribution in [0.3, 0.4) is 0 Å². The van der Waals surface area contributed by atoms with Crippen molar-refractivity contribution in [1.29, 1.82) is 0 Å². The molecule has 0 aliphatic heterocycles. The molecule has 0 saturated heterocycles. The molecule has 0 bridgehead atoms. The van der Waals surface area contributed by atoms with E-state index in [-0.39, 0.29) is 23.1 Å². The maximum Gasteiger partial charge on any atom is 2.00 e. The van der Waals surface area contributed by atoms with Gasteiger partial charge >= 0.3 is 39.6 Å². The van der Waals surface area contributed by atoms with Crippen molar-refractivity contribution >= 4 is 39.6 Å². The number of unbranched alkanes of at least 4 members (excludes halogenated alkanes) is 5. The van der Waals surface area contributed by atoms with Crippen molar-refractivity contribution in [2.45, 2.75) is 45.4 Å². The van der Waals surface area contributed by atoms with Gasteiger partial charge in [-0.3, -0.25) is 0 Å². The van der Waals surface area contributed by atoms with Crippen LogP contribution in [-0.4, -0.2) is 34.8 Å². The molecule has 0 spiro atoms. The van der Waals surface area contributed by atoms with Gasteiger partial charge in [0.05, 0.1) is 0 Å². The predicted octanol–water partition coefficient (Wildman–Crippen LogP) is 0.997. The average Bonchev–Trinajstić information content (AvgIpc) is 2.16. The Morgan fingerprint density at radius 1 is 1.00 bits per heavy atom. The van der Waals surface area contributed by atoms with E-state index in [0.29, 0.717) is 6.61 Å². The van der Waals surface area contributed by atoms with E-state index in [1.54, 1.807) is 0 Å². The van der Waals surface area contributed by atoms with Gasteiger partial charge in [0.15, 0.2) is 0 Å². The molecule has 0 aliphatic rings. The first-order chi connectivity index (χ1) is 7.54. The van der Waals surface area contributed by atoms with Gasteiger partial charge in [-0.2, -0.15) is 0 Å². The molecule has 96 valence electrons. The van der Waals surface area contributed by atoms with E-state index in [2.05, 4.69) is 11.2 Å². The van der Waals surface area contributed by atoms with E-state index in [0.717, 1.165) is 6.42 Å². The minimum absolute atomic E-state index is 0. The third-order valence-corrected chi connectivity index (χ3v) is 2.71. The number of rotatable bonds is 8. The van der Waals surface area contributed by atoms with Crippen LogP contribution >= 0.6 is 16.5 Å². The molecule has 0 heterocycles. The summed E-state index contributed by atoms with van der Waals surface area (Å²) in [4.78, 5) is 18.5. The molecule has 2 atom stereocenters. The maximum absolute atomic E-state index is 9.24. The molecular formula is C8H18MgO6P2+2. The summed E-state index contributed by atoms with van der Waals surface area (Å²) in [6.07, 6.45) is 7.50. The SMILES string of the molecule is CCCCCCCCO.O=[P+]([O-])O[P+](=O)[O-].[Mg+2]. The van der Waals surface area contributed by atoms with Crippen LogP contribution in [0.15, 0.2) is 0 Å². The van der Waals surface area contributed by atoms with Crippen molar-refractivity contribution in [3.63, 3.8) is 0 Å². The van der Waals surface area contributed by atoms with Gasteiger partial charge in [0.25, 0.3) is 0 Å².